The van der Waals surface area contributed by atoms with E-state index in [-0.39, 0.29) is 11.3 Å². The molecule has 5 heteroatoms. The third-order valence-corrected chi connectivity index (χ3v) is 4.64. The van der Waals surface area contributed by atoms with Gasteiger partial charge in [-0.15, -0.1) is 0 Å². The van der Waals surface area contributed by atoms with Crippen LogP contribution in [0.2, 0.25) is 0 Å². The molecule has 2 rings (SSSR count). The van der Waals surface area contributed by atoms with E-state index in [9.17, 15) is 13.0 Å². The molecule has 0 spiro atoms. The van der Waals surface area contributed by atoms with Gasteiger partial charge < -0.3 is 5.73 Å². The molecule has 1 aromatic carbocycles. The number of rotatable bonds is 3. The van der Waals surface area contributed by atoms with Crippen LogP contribution in [0.1, 0.15) is 25.8 Å². The van der Waals surface area contributed by atoms with Crippen LogP contribution in [-0.4, -0.2) is 13.0 Å². The van der Waals surface area contributed by atoms with Gasteiger partial charge in [0.15, 0.2) is 0 Å². The van der Waals surface area contributed by atoms with Gasteiger partial charge in [0.25, 0.3) is 10.1 Å². The molecule has 0 unspecified atom stereocenters. The van der Waals surface area contributed by atoms with Crippen molar-refractivity contribution in [2.24, 2.45) is 5.73 Å². The Kier molecular flexibility index (Phi) is 4.68. The minimum absolute atomic E-state index is 0.0204. The van der Waals surface area contributed by atoms with Crippen molar-refractivity contribution in [3.63, 3.8) is 0 Å². The molecule has 1 aliphatic rings. The second-order valence-electron chi connectivity index (χ2n) is 5.18. The van der Waals surface area contributed by atoms with E-state index in [1.54, 1.807) is 12.2 Å². The van der Waals surface area contributed by atoms with Crippen LogP contribution in [0.4, 0.5) is 0 Å². The second-order valence-corrected chi connectivity index (χ2v) is 6.66. The third kappa shape index (κ3) is 3.55. The first-order valence-corrected chi connectivity index (χ1v) is 8.32. The first kappa shape index (κ1) is 16.3. The van der Waals surface area contributed by atoms with E-state index in [1.807, 2.05) is 44.2 Å². The lowest BCUT2D eigenvalue weighted by Crippen LogP contribution is -2.03. The summed E-state index contributed by atoms with van der Waals surface area (Å²) in [5.41, 5.74) is 10.5. The molecule has 0 aromatic heterocycles. The smallest absolute Gasteiger partial charge is 0.290 e. The van der Waals surface area contributed by atoms with Crippen LogP contribution in [0.15, 0.2) is 70.2 Å². The molecule has 116 valence electrons. The highest BCUT2D eigenvalue weighted by Crippen LogP contribution is 2.28. The second kappa shape index (κ2) is 6.34. The van der Waals surface area contributed by atoms with Gasteiger partial charge in [-0.2, -0.15) is 8.42 Å². The third-order valence-electron chi connectivity index (χ3n) is 3.68. The van der Waals surface area contributed by atoms with Gasteiger partial charge in [0.1, 0.15) is 0 Å². The first-order chi connectivity index (χ1) is 10.3. The topological polar surface area (TPSA) is 80.4 Å². The van der Waals surface area contributed by atoms with Gasteiger partial charge in [-0.25, -0.2) is 0 Å². The van der Waals surface area contributed by atoms with Crippen molar-refractivity contribution in [2.45, 2.75) is 20.3 Å². The molecular formula is C17H19NO3S. The molecule has 0 heterocycles. The number of benzene rings is 1. The summed E-state index contributed by atoms with van der Waals surface area (Å²) >= 11 is 0. The van der Waals surface area contributed by atoms with Crippen molar-refractivity contribution in [1.82, 2.24) is 0 Å². The Balaban J connectivity index is 2.44. The van der Waals surface area contributed by atoms with Crippen molar-refractivity contribution in [3.8, 4) is 0 Å². The van der Waals surface area contributed by atoms with Crippen molar-refractivity contribution in [2.75, 3.05) is 0 Å². The average Bonchev–Trinajstić information content (AvgIpc) is 2.68. The highest BCUT2D eigenvalue weighted by Gasteiger charge is 2.16. The molecule has 4 nitrogen and oxygen atoms in total. The molecule has 0 bridgehead atoms. The van der Waals surface area contributed by atoms with Gasteiger partial charge in [0.05, 0.1) is 4.91 Å². The largest absolute Gasteiger partial charge is 0.398 e. The minimum atomic E-state index is -4.17. The molecule has 1 aliphatic carbocycles. The van der Waals surface area contributed by atoms with Crippen LogP contribution >= 0.6 is 0 Å². The number of hydrogen-bond donors (Lipinski definition) is 2. The summed E-state index contributed by atoms with van der Waals surface area (Å²) < 4.78 is 31.7. The summed E-state index contributed by atoms with van der Waals surface area (Å²) in [6, 6.07) is 9.60. The van der Waals surface area contributed by atoms with Gasteiger partial charge >= 0.3 is 0 Å². The minimum Gasteiger partial charge on any atom is -0.398 e. The van der Waals surface area contributed by atoms with E-state index in [1.165, 1.54) is 6.08 Å². The Hall–Kier alpha value is -2.11. The van der Waals surface area contributed by atoms with E-state index in [4.69, 9.17) is 5.73 Å². The summed E-state index contributed by atoms with van der Waals surface area (Å²) in [5, 5.41) is 0. The van der Waals surface area contributed by atoms with Crippen LogP contribution in [0.5, 0.6) is 0 Å². The lowest BCUT2D eigenvalue weighted by atomic mass is 9.95. The zero-order valence-corrected chi connectivity index (χ0v) is 13.4. The van der Waals surface area contributed by atoms with E-state index in [0.717, 1.165) is 22.3 Å². The molecule has 1 aromatic rings. The van der Waals surface area contributed by atoms with Crippen LogP contribution < -0.4 is 5.73 Å². The van der Waals surface area contributed by atoms with Crippen LogP contribution in [0.25, 0.3) is 5.70 Å². The van der Waals surface area contributed by atoms with Gasteiger partial charge in [-0.1, -0.05) is 42.5 Å². The maximum atomic E-state index is 11.3. The van der Waals surface area contributed by atoms with E-state index < -0.39 is 10.1 Å². The van der Waals surface area contributed by atoms with Gasteiger partial charge in [0.2, 0.25) is 0 Å². The summed E-state index contributed by atoms with van der Waals surface area (Å²) in [5.74, 6) is 0. The van der Waals surface area contributed by atoms with Crippen LogP contribution in [0, 0.1) is 0 Å². The Morgan fingerprint density at radius 3 is 2.41 bits per heavy atom. The Bertz CT molecular complexity index is 798. The monoisotopic (exact) mass is 317 g/mol. The quantitative estimate of drug-likeness (QED) is 0.837. The molecular weight excluding hydrogens is 298 g/mol. The number of nitrogens with two attached hydrogens (primary N) is 1. The van der Waals surface area contributed by atoms with Crippen molar-refractivity contribution in [1.29, 1.82) is 0 Å². The van der Waals surface area contributed by atoms with Crippen LogP contribution in [-0.2, 0) is 10.1 Å². The highest BCUT2D eigenvalue weighted by atomic mass is 32.2. The predicted molar refractivity (Wildman–Crippen MR) is 89.3 cm³/mol. The zero-order valence-electron chi connectivity index (χ0n) is 12.6. The summed E-state index contributed by atoms with van der Waals surface area (Å²) in [6.07, 6.45) is 5.04. The lowest BCUT2D eigenvalue weighted by Gasteiger charge is -2.12. The fourth-order valence-corrected chi connectivity index (χ4v) is 2.89. The van der Waals surface area contributed by atoms with E-state index >= 15 is 0 Å². The molecule has 3 N–H and O–H groups in total. The standard InChI is InChI=1S/C17H19NO3S/c1-12-8-9-15(22(19,20)21)10-11-16(12)13(2)17(18)14-6-4-3-5-7-14/h3-9,11H,10,18H2,1-2H3,(H,19,20,21)/b17-13-. The van der Waals surface area contributed by atoms with Gasteiger partial charge in [-0.05, 0) is 42.2 Å². The van der Waals surface area contributed by atoms with Crippen molar-refractivity contribution in [3.05, 3.63) is 75.7 Å². The fourth-order valence-electron chi connectivity index (χ4n) is 2.36. The number of allylic oxidation sites excluding steroid dienone is 7. The fraction of sp³-hybridized carbons (Fsp3) is 0.176. The normalized spacial score (nSPS) is 17.0. The average molecular weight is 317 g/mol. The Morgan fingerprint density at radius 1 is 1.18 bits per heavy atom. The lowest BCUT2D eigenvalue weighted by molar-refractivity contribution is 0.490. The molecule has 0 amide bonds. The maximum Gasteiger partial charge on any atom is 0.290 e. The molecule has 0 atom stereocenters. The Labute approximate surface area is 131 Å². The summed E-state index contributed by atoms with van der Waals surface area (Å²) in [6.45, 7) is 3.79. The van der Waals surface area contributed by atoms with E-state index in [2.05, 4.69) is 0 Å². The maximum absolute atomic E-state index is 11.3. The molecule has 0 saturated heterocycles. The molecule has 0 radical (unpaired) electrons. The van der Waals surface area contributed by atoms with Crippen molar-refractivity contribution < 1.29 is 13.0 Å². The highest BCUT2D eigenvalue weighted by molar-refractivity contribution is 7.89. The van der Waals surface area contributed by atoms with Gasteiger partial charge in [0, 0.05) is 12.1 Å². The zero-order chi connectivity index (χ0) is 16.3. The number of hydrogen-bond acceptors (Lipinski definition) is 3. The van der Waals surface area contributed by atoms with Crippen molar-refractivity contribution >= 4 is 15.8 Å². The van der Waals surface area contributed by atoms with Crippen LogP contribution in [0.3, 0.4) is 0 Å². The Morgan fingerprint density at radius 2 is 1.82 bits per heavy atom. The molecule has 0 saturated carbocycles. The summed E-state index contributed by atoms with van der Waals surface area (Å²) in [7, 11) is -4.17. The summed E-state index contributed by atoms with van der Waals surface area (Å²) in [4.78, 5) is -0.0204. The SMILES string of the molecule is CC1=CC=C(S(=O)(=O)O)CC=C1/C(C)=C(\N)c1ccccc1. The first-order valence-electron chi connectivity index (χ1n) is 6.88. The van der Waals surface area contributed by atoms with Gasteiger partial charge in [-0.3, -0.25) is 4.55 Å². The predicted octanol–water partition coefficient (Wildman–Crippen LogP) is 3.42. The molecule has 22 heavy (non-hydrogen) atoms. The van der Waals surface area contributed by atoms with E-state index in [0.29, 0.717) is 5.70 Å². The molecule has 0 fully saturated rings. The molecule has 0 aliphatic heterocycles.